The summed E-state index contributed by atoms with van der Waals surface area (Å²) in [7, 11) is 0. The fourth-order valence-electron chi connectivity index (χ4n) is 4.64. The maximum atomic E-state index is 12.3. The topological polar surface area (TPSA) is 82.2 Å². The van der Waals surface area contributed by atoms with E-state index in [-0.39, 0.29) is 12.3 Å². The van der Waals surface area contributed by atoms with Crippen molar-refractivity contribution in [3.05, 3.63) is 36.0 Å². The van der Waals surface area contributed by atoms with Crippen molar-refractivity contribution in [3.63, 3.8) is 0 Å². The Morgan fingerprint density at radius 1 is 0.824 bits per heavy atom. The first kappa shape index (κ1) is 27.9. The Bertz CT molecular complexity index is 830. The molecule has 0 fully saturated rings. The first-order valence-electron chi connectivity index (χ1n) is 13.7. The Morgan fingerprint density at radius 2 is 1.35 bits per heavy atom. The van der Waals surface area contributed by atoms with E-state index in [0.717, 1.165) is 35.7 Å². The van der Waals surface area contributed by atoms with Crippen LogP contribution in [0.4, 0.5) is 0 Å². The van der Waals surface area contributed by atoms with E-state index < -0.39 is 12.0 Å². The van der Waals surface area contributed by atoms with Crippen LogP contribution in [0.15, 0.2) is 30.5 Å². The lowest BCUT2D eigenvalue weighted by molar-refractivity contribution is -0.141. The van der Waals surface area contributed by atoms with Crippen molar-refractivity contribution >= 4 is 22.8 Å². The maximum absolute atomic E-state index is 12.3. The van der Waals surface area contributed by atoms with Crippen LogP contribution in [0.2, 0.25) is 0 Å². The summed E-state index contributed by atoms with van der Waals surface area (Å²) in [6.45, 7) is 2.27. The number of aromatic nitrogens is 1. The summed E-state index contributed by atoms with van der Waals surface area (Å²) in [5.41, 5.74) is 1.89. The first-order chi connectivity index (χ1) is 16.6. The van der Waals surface area contributed by atoms with Gasteiger partial charge in [0.05, 0.1) is 0 Å². The molecule has 5 nitrogen and oxygen atoms in total. The lowest BCUT2D eigenvalue weighted by Crippen LogP contribution is -2.42. The number of benzene rings is 1. The lowest BCUT2D eigenvalue weighted by Gasteiger charge is -2.14. The number of amides is 1. The Balaban J connectivity index is 1.48. The third-order valence-corrected chi connectivity index (χ3v) is 6.74. The minimum Gasteiger partial charge on any atom is -0.480 e. The molecule has 1 aromatic carbocycles. The van der Waals surface area contributed by atoms with Crippen molar-refractivity contribution in [1.82, 2.24) is 10.3 Å². The molecular formula is C29H46N2O3. The number of carbonyl (C=O) groups excluding carboxylic acids is 1. The van der Waals surface area contributed by atoms with E-state index in [0.29, 0.717) is 6.42 Å². The minimum atomic E-state index is -0.991. The van der Waals surface area contributed by atoms with Gasteiger partial charge in [0.2, 0.25) is 5.91 Å². The van der Waals surface area contributed by atoms with Crippen molar-refractivity contribution in [2.75, 3.05) is 0 Å². The summed E-state index contributed by atoms with van der Waals surface area (Å²) >= 11 is 0. The van der Waals surface area contributed by atoms with E-state index in [1.165, 1.54) is 77.0 Å². The van der Waals surface area contributed by atoms with Gasteiger partial charge in [-0.2, -0.15) is 0 Å². The average molecular weight is 471 g/mol. The Kier molecular flexibility index (Phi) is 14.1. The summed E-state index contributed by atoms with van der Waals surface area (Å²) in [6.07, 6.45) is 21.8. The number of unbranched alkanes of at least 4 members (excludes halogenated alkanes) is 14. The average Bonchev–Trinajstić information content (AvgIpc) is 3.24. The molecule has 1 amide bonds. The number of para-hydroxylation sites is 1. The monoisotopic (exact) mass is 470 g/mol. The van der Waals surface area contributed by atoms with Crippen molar-refractivity contribution < 1.29 is 14.7 Å². The zero-order chi connectivity index (χ0) is 24.4. The molecule has 0 bridgehead atoms. The van der Waals surface area contributed by atoms with Gasteiger partial charge in [0, 0.05) is 29.9 Å². The molecular weight excluding hydrogens is 424 g/mol. The molecule has 2 rings (SSSR count). The molecule has 2 aromatic rings. The van der Waals surface area contributed by atoms with Gasteiger partial charge in [0.15, 0.2) is 0 Å². The second-order valence-electron chi connectivity index (χ2n) is 9.72. The van der Waals surface area contributed by atoms with Gasteiger partial charge in [-0.25, -0.2) is 4.79 Å². The second kappa shape index (κ2) is 17.2. The van der Waals surface area contributed by atoms with E-state index in [2.05, 4.69) is 17.2 Å². The van der Waals surface area contributed by atoms with Gasteiger partial charge in [-0.3, -0.25) is 4.79 Å². The van der Waals surface area contributed by atoms with Crippen LogP contribution in [0.5, 0.6) is 0 Å². The Labute approximate surface area is 206 Å². The number of fused-ring (bicyclic) bond motifs is 1. The van der Waals surface area contributed by atoms with Crippen molar-refractivity contribution in [1.29, 1.82) is 0 Å². The number of hydrogen-bond acceptors (Lipinski definition) is 2. The summed E-state index contributed by atoms with van der Waals surface area (Å²) in [5, 5.41) is 13.3. The molecule has 5 heteroatoms. The van der Waals surface area contributed by atoms with Gasteiger partial charge in [-0.15, -0.1) is 0 Å². The lowest BCUT2D eigenvalue weighted by atomic mass is 10.0. The largest absolute Gasteiger partial charge is 0.480 e. The quantitative estimate of drug-likeness (QED) is 0.175. The van der Waals surface area contributed by atoms with Crippen LogP contribution in [0.3, 0.4) is 0 Å². The highest BCUT2D eigenvalue weighted by Crippen LogP contribution is 2.19. The van der Waals surface area contributed by atoms with Crippen LogP contribution in [0.1, 0.15) is 115 Å². The summed E-state index contributed by atoms with van der Waals surface area (Å²) < 4.78 is 0. The summed E-state index contributed by atoms with van der Waals surface area (Å²) in [6, 6.07) is 6.91. The van der Waals surface area contributed by atoms with Crippen LogP contribution in [-0.2, 0) is 16.0 Å². The SMILES string of the molecule is CCCCCCCCCCCCCCCCCC(=O)N[C@@H](Cc1c[nH]c2ccccc12)C(=O)O. The predicted octanol–water partition coefficient (Wildman–Crippen LogP) is 7.54. The normalized spacial score (nSPS) is 12.1. The van der Waals surface area contributed by atoms with E-state index in [9.17, 15) is 14.7 Å². The zero-order valence-corrected chi connectivity index (χ0v) is 21.2. The number of nitrogens with one attached hydrogen (secondary N) is 2. The predicted molar refractivity (Wildman–Crippen MR) is 141 cm³/mol. The number of hydrogen-bond donors (Lipinski definition) is 3. The molecule has 0 saturated heterocycles. The number of H-pyrrole nitrogens is 1. The zero-order valence-electron chi connectivity index (χ0n) is 21.2. The number of aromatic amines is 1. The highest BCUT2D eigenvalue weighted by Gasteiger charge is 2.21. The molecule has 1 aromatic heterocycles. The first-order valence-corrected chi connectivity index (χ1v) is 13.7. The van der Waals surface area contributed by atoms with E-state index in [1.807, 2.05) is 30.5 Å². The fourth-order valence-corrected chi connectivity index (χ4v) is 4.64. The molecule has 34 heavy (non-hydrogen) atoms. The van der Waals surface area contributed by atoms with Crippen LogP contribution < -0.4 is 5.32 Å². The van der Waals surface area contributed by atoms with Gasteiger partial charge < -0.3 is 15.4 Å². The second-order valence-corrected chi connectivity index (χ2v) is 9.72. The van der Waals surface area contributed by atoms with Gasteiger partial charge >= 0.3 is 5.97 Å². The molecule has 190 valence electrons. The fraction of sp³-hybridized carbons (Fsp3) is 0.655. The van der Waals surface area contributed by atoms with E-state index in [4.69, 9.17) is 0 Å². The summed E-state index contributed by atoms with van der Waals surface area (Å²) in [4.78, 5) is 27.2. The number of carboxylic acid groups (broad SMARTS) is 1. The third kappa shape index (κ3) is 11.2. The van der Waals surface area contributed by atoms with E-state index >= 15 is 0 Å². The third-order valence-electron chi connectivity index (χ3n) is 6.74. The van der Waals surface area contributed by atoms with Crippen LogP contribution >= 0.6 is 0 Å². The highest BCUT2D eigenvalue weighted by atomic mass is 16.4. The molecule has 0 aliphatic rings. The van der Waals surface area contributed by atoms with Gasteiger partial charge in [0.1, 0.15) is 6.04 Å². The molecule has 3 N–H and O–H groups in total. The van der Waals surface area contributed by atoms with Gasteiger partial charge in [0.25, 0.3) is 0 Å². The molecule has 0 saturated carbocycles. The standard InChI is InChI=1S/C29H46N2O3/c1-2-3-4-5-6-7-8-9-10-11-12-13-14-15-16-21-28(32)31-27(29(33)34)22-24-23-30-26-20-18-17-19-25(24)26/h17-20,23,27,30H,2-16,21-22H2,1H3,(H,31,32)(H,33,34)/t27-/m0/s1. The van der Waals surface area contributed by atoms with E-state index in [1.54, 1.807) is 0 Å². The van der Waals surface area contributed by atoms with Gasteiger partial charge in [-0.05, 0) is 18.1 Å². The van der Waals surface area contributed by atoms with Gasteiger partial charge in [-0.1, -0.05) is 115 Å². The summed E-state index contributed by atoms with van der Waals surface area (Å²) in [5.74, 6) is -1.16. The molecule has 1 atom stereocenters. The van der Waals surface area contributed by atoms with Crippen molar-refractivity contribution in [3.8, 4) is 0 Å². The number of carboxylic acids is 1. The smallest absolute Gasteiger partial charge is 0.326 e. The van der Waals surface area contributed by atoms with Crippen molar-refractivity contribution in [2.24, 2.45) is 0 Å². The molecule has 1 heterocycles. The van der Waals surface area contributed by atoms with Crippen LogP contribution in [-0.4, -0.2) is 28.0 Å². The number of carbonyl (C=O) groups is 2. The number of aliphatic carboxylic acids is 1. The number of rotatable bonds is 20. The van der Waals surface area contributed by atoms with Crippen LogP contribution in [0, 0.1) is 0 Å². The molecule has 0 aliphatic carbocycles. The molecule has 0 spiro atoms. The van der Waals surface area contributed by atoms with Crippen LogP contribution in [0.25, 0.3) is 10.9 Å². The Morgan fingerprint density at radius 3 is 1.91 bits per heavy atom. The molecule has 0 unspecified atom stereocenters. The Hall–Kier alpha value is -2.30. The maximum Gasteiger partial charge on any atom is 0.326 e. The highest BCUT2D eigenvalue weighted by molar-refractivity contribution is 5.86. The minimum absolute atomic E-state index is 0.165. The van der Waals surface area contributed by atoms with Crippen molar-refractivity contribution in [2.45, 2.75) is 122 Å². The molecule has 0 aliphatic heterocycles. The molecule has 0 radical (unpaired) electrons.